The van der Waals surface area contributed by atoms with Crippen LogP contribution in [0.15, 0.2) is 0 Å². The van der Waals surface area contributed by atoms with Gasteiger partial charge in [0.25, 0.3) is 0 Å². The molecule has 0 saturated carbocycles. The number of rotatable bonds is 28. The van der Waals surface area contributed by atoms with Crippen LogP contribution in [-0.2, 0) is 9.59 Å². The van der Waals surface area contributed by atoms with Gasteiger partial charge in [-0.15, -0.1) is 11.8 Å². The van der Waals surface area contributed by atoms with Gasteiger partial charge < -0.3 is 10.2 Å². The molecule has 0 aliphatic heterocycles. The maximum Gasteiger partial charge on any atom is 0.319 e. The Bertz CT molecular complexity index is 519. The molecule has 0 fully saturated rings. The van der Waals surface area contributed by atoms with Gasteiger partial charge in [0.15, 0.2) is 0 Å². The third kappa shape index (κ3) is 16.1. The number of carboxylic acids is 2. The van der Waals surface area contributed by atoms with E-state index in [1.54, 1.807) is 0 Å². The van der Waals surface area contributed by atoms with Crippen LogP contribution in [0, 0.1) is 0 Å². The highest BCUT2D eigenvalue weighted by Gasteiger charge is 2.48. The predicted molar refractivity (Wildman–Crippen MR) is 162 cm³/mol. The highest BCUT2D eigenvalue weighted by atomic mass is 32.2. The van der Waals surface area contributed by atoms with Crippen LogP contribution >= 0.6 is 11.8 Å². The van der Waals surface area contributed by atoms with Crippen LogP contribution in [0.2, 0.25) is 0 Å². The molecular weight excluding hydrogens is 480 g/mol. The molecule has 220 valence electrons. The summed E-state index contributed by atoms with van der Waals surface area (Å²) in [5.41, 5.74) is 0. The van der Waals surface area contributed by atoms with Crippen molar-refractivity contribution in [2.75, 3.05) is 0 Å². The van der Waals surface area contributed by atoms with Crippen molar-refractivity contribution in [1.82, 2.24) is 0 Å². The van der Waals surface area contributed by atoms with Crippen molar-refractivity contribution in [2.45, 2.75) is 191 Å². The average molecular weight is 543 g/mol. The zero-order chi connectivity index (χ0) is 27.8. The SMILES string of the molecule is CCCCCCCCCCCCC(CC)(SC(CC)(CCCCCCCCCCCC)C(=O)O)C(=O)O. The number of thioether (sulfide) groups is 1. The number of unbranched alkanes of at least 4 members (excludes halogenated alkanes) is 18. The van der Waals surface area contributed by atoms with Crippen LogP contribution in [0.25, 0.3) is 0 Å². The van der Waals surface area contributed by atoms with Gasteiger partial charge in [-0.2, -0.15) is 0 Å². The molecule has 0 heterocycles. The predicted octanol–water partition coefficient (Wildman–Crippen LogP) is 10.8. The maximum absolute atomic E-state index is 12.5. The lowest BCUT2D eigenvalue weighted by Gasteiger charge is -2.37. The van der Waals surface area contributed by atoms with Gasteiger partial charge in [0.05, 0.1) is 0 Å². The second kappa shape index (κ2) is 23.2. The molecular formula is C32H62O4S. The minimum absolute atomic E-state index is 0.470. The van der Waals surface area contributed by atoms with Crippen LogP contribution in [0.3, 0.4) is 0 Å². The van der Waals surface area contributed by atoms with Crippen LogP contribution < -0.4 is 0 Å². The summed E-state index contributed by atoms with van der Waals surface area (Å²) in [7, 11) is 0. The van der Waals surface area contributed by atoms with E-state index in [1.165, 1.54) is 102 Å². The average Bonchev–Trinajstić information content (AvgIpc) is 2.88. The minimum atomic E-state index is -1.01. The van der Waals surface area contributed by atoms with Gasteiger partial charge in [0.2, 0.25) is 0 Å². The summed E-state index contributed by atoms with van der Waals surface area (Å²) in [5, 5.41) is 20.5. The van der Waals surface area contributed by atoms with Crippen LogP contribution in [0.4, 0.5) is 0 Å². The van der Waals surface area contributed by atoms with E-state index < -0.39 is 21.4 Å². The maximum atomic E-state index is 12.5. The minimum Gasteiger partial charge on any atom is -0.480 e. The topological polar surface area (TPSA) is 74.6 Å². The molecule has 4 nitrogen and oxygen atoms in total. The summed E-state index contributed by atoms with van der Waals surface area (Å²) >= 11 is 1.26. The Labute approximate surface area is 234 Å². The van der Waals surface area contributed by atoms with Gasteiger partial charge in [-0.25, -0.2) is 0 Å². The van der Waals surface area contributed by atoms with E-state index in [-0.39, 0.29) is 0 Å². The smallest absolute Gasteiger partial charge is 0.319 e. The molecule has 0 radical (unpaired) electrons. The summed E-state index contributed by atoms with van der Waals surface area (Å²) < 4.78 is -2.01. The van der Waals surface area contributed by atoms with Crippen molar-refractivity contribution in [2.24, 2.45) is 0 Å². The molecule has 2 atom stereocenters. The van der Waals surface area contributed by atoms with E-state index in [9.17, 15) is 19.8 Å². The fraction of sp³-hybridized carbons (Fsp3) is 0.938. The first-order chi connectivity index (χ1) is 17.8. The second-order valence-corrected chi connectivity index (χ2v) is 13.0. The molecule has 0 aliphatic rings. The summed E-state index contributed by atoms with van der Waals surface area (Å²) in [5.74, 6) is -1.67. The number of carbonyl (C=O) groups is 2. The van der Waals surface area contributed by atoms with Crippen molar-refractivity contribution < 1.29 is 19.8 Å². The highest BCUT2D eigenvalue weighted by molar-refractivity contribution is 8.03. The fourth-order valence-corrected chi connectivity index (χ4v) is 7.08. The molecule has 37 heavy (non-hydrogen) atoms. The Hall–Kier alpha value is -0.710. The summed E-state index contributed by atoms with van der Waals surface area (Å²) in [6, 6.07) is 0. The van der Waals surface area contributed by atoms with E-state index in [2.05, 4.69) is 13.8 Å². The molecule has 2 N–H and O–H groups in total. The zero-order valence-electron chi connectivity index (χ0n) is 25.1. The van der Waals surface area contributed by atoms with Crippen molar-refractivity contribution in [3.05, 3.63) is 0 Å². The van der Waals surface area contributed by atoms with E-state index in [1.807, 2.05) is 13.8 Å². The molecule has 0 bridgehead atoms. The van der Waals surface area contributed by atoms with Gasteiger partial charge in [-0.05, 0) is 25.7 Å². The highest BCUT2D eigenvalue weighted by Crippen LogP contribution is 2.47. The number of hydrogen-bond donors (Lipinski definition) is 2. The van der Waals surface area contributed by atoms with Crippen molar-refractivity contribution in [1.29, 1.82) is 0 Å². The normalized spacial score (nSPS) is 14.8. The second-order valence-electron chi connectivity index (χ2n) is 11.3. The first kappa shape index (κ1) is 36.3. The fourth-order valence-electron chi connectivity index (χ4n) is 5.37. The van der Waals surface area contributed by atoms with Gasteiger partial charge in [0, 0.05) is 0 Å². The third-order valence-corrected chi connectivity index (χ3v) is 10.3. The molecule has 0 rings (SSSR count). The van der Waals surface area contributed by atoms with Crippen LogP contribution in [0.5, 0.6) is 0 Å². The van der Waals surface area contributed by atoms with Crippen molar-refractivity contribution >= 4 is 23.7 Å². The zero-order valence-corrected chi connectivity index (χ0v) is 25.9. The number of aliphatic carboxylic acids is 2. The largest absolute Gasteiger partial charge is 0.480 e. The molecule has 0 saturated heterocycles. The van der Waals surface area contributed by atoms with Crippen molar-refractivity contribution in [3.63, 3.8) is 0 Å². The molecule has 0 spiro atoms. The Morgan fingerprint density at radius 3 is 0.919 bits per heavy atom. The van der Waals surface area contributed by atoms with E-state index in [0.29, 0.717) is 25.7 Å². The molecule has 0 aromatic heterocycles. The van der Waals surface area contributed by atoms with Gasteiger partial charge in [0.1, 0.15) is 9.49 Å². The number of carboxylic acid groups (broad SMARTS) is 2. The Morgan fingerprint density at radius 2 is 0.703 bits per heavy atom. The van der Waals surface area contributed by atoms with Gasteiger partial charge >= 0.3 is 11.9 Å². The van der Waals surface area contributed by atoms with Gasteiger partial charge in [-0.3, -0.25) is 9.59 Å². The lowest BCUT2D eigenvalue weighted by atomic mass is 9.95. The lowest BCUT2D eigenvalue weighted by Crippen LogP contribution is -2.45. The quantitative estimate of drug-likeness (QED) is 0.0961. The van der Waals surface area contributed by atoms with E-state index in [4.69, 9.17) is 0 Å². The molecule has 0 amide bonds. The van der Waals surface area contributed by atoms with Gasteiger partial charge in [-0.1, -0.05) is 156 Å². The standard InChI is InChI=1S/C32H62O4S/c1-5-9-11-13-15-17-19-21-23-25-27-31(7-3,29(33)34)37-32(8-4,30(35)36)28-26-24-22-20-18-16-14-12-10-6-2/h5-28H2,1-4H3,(H,33,34)(H,35,36). The Kier molecular flexibility index (Phi) is 22.8. The first-order valence-electron chi connectivity index (χ1n) is 16.0. The Morgan fingerprint density at radius 1 is 0.459 bits per heavy atom. The Balaban J connectivity index is 4.65. The summed E-state index contributed by atoms with van der Waals surface area (Å²) in [4.78, 5) is 25.0. The van der Waals surface area contributed by atoms with E-state index >= 15 is 0 Å². The molecule has 2 unspecified atom stereocenters. The van der Waals surface area contributed by atoms with E-state index in [0.717, 1.165) is 38.5 Å². The first-order valence-corrected chi connectivity index (χ1v) is 16.8. The molecule has 0 aromatic rings. The molecule has 5 heteroatoms. The monoisotopic (exact) mass is 542 g/mol. The molecule has 0 aliphatic carbocycles. The molecule has 0 aromatic carbocycles. The lowest BCUT2D eigenvalue weighted by molar-refractivity contribution is -0.140. The summed E-state index contributed by atoms with van der Waals surface area (Å²) in [6.45, 7) is 8.32. The van der Waals surface area contributed by atoms with Crippen LogP contribution in [-0.4, -0.2) is 31.6 Å². The van der Waals surface area contributed by atoms with Crippen molar-refractivity contribution in [3.8, 4) is 0 Å². The third-order valence-electron chi connectivity index (χ3n) is 8.18. The number of hydrogen-bond acceptors (Lipinski definition) is 3. The van der Waals surface area contributed by atoms with Crippen LogP contribution in [0.1, 0.15) is 182 Å². The summed E-state index contributed by atoms with van der Waals surface area (Å²) in [6.07, 6.45) is 26.3.